The third-order valence-corrected chi connectivity index (χ3v) is 5.78. The van der Waals surface area contributed by atoms with Crippen LogP contribution in [0.5, 0.6) is 0 Å². The second-order valence-corrected chi connectivity index (χ2v) is 7.28. The Bertz CT molecular complexity index is 1040. The third-order valence-electron chi connectivity index (χ3n) is 4.69. The Balaban J connectivity index is 1.64. The predicted octanol–water partition coefficient (Wildman–Crippen LogP) is 2.52. The second kappa shape index (κ2) is 6.60. The summed E-state index contributed by atoms with van der Waals surface area (Å²) in [5, 5.41) is 7.73. The molecule has 0 fully saturated rings. The lowest BCUT2D eigenvalue weighted by atomic mass is 10.1. The monoisotopic (exact) mass is 369 g/mol. The molecule has 1 aromatic carbocycles. The van der Waals surface area contributed by atoms with E-state index in [1.165, 1.54) is 18.0 Å². The molecule has 1 N–H and O–H groups in total. The van der Waals surface area contributed by atoms with Crippen molar-refractivity contribution in [3.63, 3.8) is 0 Å². The molecule has 1 amide bonds. The molecule has 1 aliphatic heterocycles. The van der Waals surface area contributed by atoms with E-state index < -0.39 is 0 Å². The normalized spacial score (nSPS) is 16.0. The van der Waals surface area contributed by atoms with Crippen molar-refractivity contribution in [2.75, 3.05) is 17.2 Å². The predicted molar refractivity (Wildman–Crippen MR) is 102 cm³/mol. The van der Waals surface area contributed by atoms with Crippen LogP contribution in [0.3, 0.4) is 0 Å². The zero-order valence-electron chi connectivity index (χ0n) is 14.6. The molecule has 0 bridgehead atoms. The fraction of sp³-hybridized carbons (Fsp3) is 0.333. The number of aromatic amines is 1. The standard InChI is InChI=1S/C18H19N5O2S/c1-3-22(14-7-5-4-6-11(14)2)15(24)8-12-10-26-18-20-16-13(9-19-21-16)17(25)23(12)18/h4-7,9,12H,3,8,10H2,1-2H3,(H,19,21). The van der Waals surface area contributed by atoms with Crippen LogP contribution in [0, 0.1) is 6.92 Å². The van der Waals surface area contributed by atoms with E-state index >= 15 is 0 Å². The Morgan fingerprint density at radius 1 is 1.42 bits per heavy atom. The van der Waals surface area contributed by atoms with Crippen molar-refractivity contribution in [3.8, 4) is 0 Å². The van der Waals surface area contributed by atoms with Crippen LogP contribution >= 0.6 is 11.8 Å². The van der Waals surface area contributed by atoms with Crippen LogP contribution in [0.4, 0.5) is 5.69 Å². The zero-order valence-corrected chi connectivity index (χ0v) is 15.4. The summed E-state index contributed by atoms with van der Waals surface area (Å²) < 4.78 is 1.64. The summed E-state index contributed by atoms with van der Waals surface area (Å²) >= 11 is 1.50. The molecule has 1 unspecified atom stereocenters. The maximum absolute atomic E-state index is 13.0. The van der Waals surface area contributed by atoms with Gasteiger partial charge in [0.2, 0.25) is 5.91 Å². The van der Waals surface area contributed by atoms with E-state index in [0.29, 0.717) is 28.5 Å². The number of aryl methyl sites for hydroxylation is 1. The fourth-order valence-electron chi connectivity index (χ4n) is 3.37. The number of hydrogen-bond acceptors (Lipinski definition) is 5. The van der Waals surface area contributed by atoms with Crippen LogP contribution in [0.15, 0.2) is 40.4 Å². The maximum atomic E-state index is 13.0. The van der Waals surface area contributed by atoms with Crippen molar-refractivity contribution in [1.29, 1.82) is 0 Å². The molecule has 0 radical (unpaired) electrons. The SMILES string of the molecule is CCN(C(=O)CC1CSc2nc3[nH]ncc3c(=O)n21)c1ccccc1C. The molecule has 0 aliphatic carbocycles. The lowest BCUT2D eigenvalue weighted by Crippen LogP contribution is -2.34. The minimum Gasteiger partial charge on any atom is -0.312 e. The number of fused-ring (bicyclic) bond motifs is 2. The molecule has 26 heavy (non-hydrogen) atoms. The number of rotatable bonds is 4. The number of aromatic nitrogens is 4. The number of carbonyl (C=O) groups is 1. The van der Waals surface area contributed by atoms with Gasteiger partial charge in [-0.2, -0.15) is 5.10 Å². The van der Waals surface area contributed by atoms with E-state index in [2.05, 4.69) is 15.2 Å². The first kappa shape index (κ1) is 16.8. The average molecular weight is 369 g/mol. The maximum Gasteiger partial charge on any atom is 0.265 e. The first-order valence-corrected chi connectivity index (χ1v) is 9.53. The summed E-state index contributed by atoms with van der Waals surface area (Å²) in [6.45, 7) is 4.55. The number of para-hydroxylation sites is 1. The quantitative estimate of drug-likeness (QED) is 0.715. The van der Waals surface area contributed by atoms with Crippen molar-refractivity contribution >= 4 is 34.4 Å². The highest BCUT2D eigenvalue weighted by molar-refractivity contribution is 7.99. The Kier molecular flexibility index (Phi) is 4.28. The van der Waals surface area contributed by atoms with Crippen molar-refractivity contribution in [2.24, 2.45) is 0 Å². The number of thioether (sulfide) groups is 1. The van der Waals surface area contributed by atoms with Gasteiger partial charge < -0.3 is 4.90 Å². The van der Waals surface area contributed by atoms with Gasteiger partial charge in [-0.3, -0.25) is 19.3 Å². The highest BCUT2D eigenvalue weighted by Crippen LogP contribution is 2.33. The number of amides is 1. The molecule has 0 saturated heterocycles. The molecule has 1 aliphatic rings. The largest absolute Gasteiger partial charge is 0.312 e. The number of hydrogen-bond donors (Lipinski definition) is 1. The van der Waals surface area contributed by atoms with Gasteiger partial charge in [0.1, 0.15) is 5.39 Å². The first-order valence-electron chi connectivity index (χ1n) is 8.54. The summed E-state index contributed by atoms with van der Waals surface area (Å²) in [5.41, 5.74) is 2.33. The van der Waals surface area contributed by atoms with Gasteiger partial charge in [0, 0.05) is 24.4 Å². The molecule has 2 aromatic heterocycles. The number of anilines is 1. The minimum absolute atomic E-state index is 0.0134. The molecule has 7 nitrogen and oxygen atoms in total. The van der Waals surface area contributed by atoms with Gasteiger partial charge in [0.25, 0.3) is 5.56 Å². The van der Waals surface area contributed by atoms with E-state index in [4.69, 9.17) is 0 Å². The molecular weight excluding hydrogens is 350 g/mol. The van der Waals surface area contributed by atoms with E-state index in [9.17, 15) is 9.59 Å². The van der Waals surface area contributed by atoms with Gasteiger partial charge >= 0.3 is 0 Å². The lowest BCUT2D eigenvalue weighted by Gasteiger charge is -2.24. The summed E-state index contributed by atoms with van der Waals surface area (Å²) in [7, 11) is 0. The molecule has 134 valence electrons. The van der Waals surface area contributed by atoms with Crippen molar-refractivity contribution in [1.82, 2.24) is 19.7 Å². The van der Waals surface area contributed by atoms with Crippen molar-refractivity contribution in [3.05, 3.63) is 46.4 Å². The van der Waals surface area contributed by atoms with Crippen LogP contribution in [-0.4, -0.2) is 38.0 Å². The number of nitrogens with one attached hydrogen (secondary N) is 1. The molecule has 3 heterocycles. The van der Waals surface area contributed by atoms with E-state index in [0.717, 1.165) is 11.3 Å². The molecular formula is C18H19N5O2S. The molecule has 0 spiro atoms. The molecule has 4 rings (SSSR count). The summed E-state index contributed by atoms with van der Waals surface area (Å²) in [5.74, 6) is 0.679. The van der Waals surface area contributed by atoms with Gasteiger partial charge in [0.05, 0.1) is 12.2 Å². The number of H-pyrrole nitrogens is 1. The van der Waals surface area contributed by atoms with Gasteiger partial charge in [-0.1, -0.05) is 30.0 Å². The average Bonchev–Trinajstić information content (AvgIpc) is 3.25. The van der Waals surface area contributed by atoms with Crippen LogP contribution < -0.4 is 10.5 Å². The molecule has 8 heteroatoms. The second-order valence-electron chi connectivity index (χ2n) is 6.30. The van der Waals surface area contributed by atoms with Crippen LogP contribution in [0.1, 0.15) is 24.9 Å². The number of benzene rings is 1. The topological polar surface area (TPSA) is 83.9 Å². The van der Waals surface area contributed by atoms with Gasteiger partial charge in [-0.25, -0.2) is 4.98 Å². The Morgan fingerprint density at radius 2 is 2.23 bits per heavy atom. The summed E-state index contributed by atoms with van der Waals surface area (Å²) in [4.78, 5) is 32.0. The Labute approximate surface area is 154 Å². The molecule has 1 atom stereocenters. The zero-order chi connectivity index (χ0) is 18.3. The van der Waals surface area contributed by atoms with E-state index in [1.54, 1.807) is 9.47 Å². The summed E-state index contributed by atoms with van der Waals surface area (Å²) in [6, 6.07) is 7.65. The Hall–Kier alpha value is -2.61. The van der Waals surface area contributed by atoms with E-state index in [-0.39, 0.29) is 23.9 Å². The van der Waals surface area contributed by atoms with Gasteiger partial charge in [-0.05, 0) is 25.5 Å². The van der Waals surface area contributed by atoms with Gasteiger partial charge in [0.15, 0.2) is 10.8 Å². The number of carbonyl (C=O) groups excluding carboxylic acids is 1. The molecule has 3 aromatic rings. The molecule has 0 saturated carbocycles. The first-order chi connectivity index (χ1) is 12.6. The van der Waals surface area contributed by atoms with Crippen LogP contribution in [0.25, 0.3) is 11.0 Å². The lowest BCUT2D eigenvalue weighted by molar-refractivity contribution is -0.119. The minimum atomic E-state index is -0.195. The van der Waals surface area contributed by atoms with E-state index in [1.807, 2.05) is 38.1 Å². The smallest absolute Gasteiger partial charge is 0.265 e. The van der Waals surface area contributed by atoms with Crippen molar-refractivity contribution in [2.45, 2.75) is 31.5 Å². The highest BCUT2D eigenvalue weighted by Gasteiger charge is 2.30. The van der Waals surface area contributed by atoms with Gasteiger partial charge in [-0.15, -0.1) is 0 Å². The van der Waals surface area contributed by atoms with Crippen LogP contribution in [0.2, 0.25) is 0 Å². The van der Waals surface area contributed by atoms with Crippen molar-refractivity contribution < 1.29 is 4.79 Å². The number of nitrogens with zero attached hydrogens (tertiary/aromatic N) is 4. The fourth-order valence-corrected chi connectivity index (χ4v) is 4.50. The van der Waals surface area contributed by atoms with Crippen LogP contribution in [-0.2, 0) is 4.79 Å². The summed E-state index contributed by atoms with van der Waals surface area (Å²) in [6.07, 6.45) is 1.76. The third kappa shape index (κ3) is 2.70. The highest BCUT2D eigenvalue weighted by atomic mass is 32.2. The Morgan fingerprint density at radius 3 is 3.00 bits per heavy atom.